The first kappa shape index (κ1) is 16.5. The number of benzene rings is 1. The van der Waals surface area contributed by atoms with Crippen molar-refractivity contribution in [3.05, 3.63) is 30.4 Å². The summed E-state index contributed by atoms with van der Waals surface area (Å²) in [5.74, 6) is 0.540. The highest BCUT2D eigenvalue weighted by molar-refractivity contribution is 6.01. The van der Waals surface area contributed by atoms with Gasteiger partial charge in [0, 0.05) is 19.3 Å². The maximum atomic E-state index is 13.7. The quantitative estimate of drug-likeness (QED) is 0.876. The molecule has 1 N–H and O–H groups in total. The maximum absolute atomic E-state index is 13.7. The van der Waals surface area contributed by atoms with Gasteiger partial charge in [0.15, 0.2) is 0 Å². The number of fused-ring (bicyclic) bond motifs is 1. The second-order valence-electron chi connectivity index (χ2n) is 6.20. The first-order chi connectivity index (χ1) is 11.5. The predicted molar refractivity (Wildman–Crippen MR) is 95.3 cm³/mol. The third kappa shape index (κ3) is 3.00. The third-order valence-electron chi connectivity index (χ3n) is 4.55. The lowest BCUT2D eigenvalue weighted by Crippen LogP contribution is -2.37. The summed E-state index contributed by atoms with van der Waals surface area (Å²) >= 11 is 0. The largest absolute Gasteiger partial charge is 0.339 e. The molecule has 3 rings (SSSR count). The number of carbonyl (C=O) groups excluding carboxylic acids is 1. The summed E-state index contributed by atoms with van der Waals surface area (Å²) in [5, 5.41) is 2.84. The summed E-state index contributed by atoms with van der Waals surface area (Å²) in [6.07, 6.45) is 2.71. The van der Waals surface area contributed by atoms with Crippen LogP contribution in [0.4, 0.5) is 16.0 Å². The van der Waals surface area contributed by atoms with E-state index in [9.17, 15) is 9.18 Å². The summed E-state index contributed by atoms with van der Waals surface area (Å²) in [5.41, 5.74) is 3.57. The number of halogens is 1. The van der Waals surface area contributed by atoms with Gasteiger partial charge in [-0.1, -0.05) is 13.5 Å². The number of aromatic nitrogens is 2. The Morgan fingerprint density at radius 3 is 3.00 bits per heavy atom. The molecule has 1 fully saturated rings. The first-order valence-corrected chi connectivity index (χ1v) is 8.35. The highest BCUT2D eigenvalue weighted by atomic mass is 19.1. The molecule has 0 aliphatic carbocycles. The van der Waals surface area contributed by atoms with Crippen LogP contribution >= 0.6 is 0 Å². The molecule has 1 aromatic carbocycles. The molecule has 1 amide bonds. The van der Waals surface area contributed by atoms with Gasteiger partial charge in [0.05, 0.1) is 17.6 Å². The van der Waals surface area contributed by atoms with Gasteiger partial charge in [-0.3, -0.25) is 4.79 Å². The predicted octanol–water partition coefficient (Wildman–Crippen LogP) is 3.20. The van der Waals surface area contributed by atoms with Crippen LogP contribution in [0, 0.1) is 0 Å². The molecule has 2 aromatic rings. The van der Waals surface area contributed by atoms with E-state index in [0.717, 1.165) is 47.6 Å². The Morgan fingerprint density at radius 1 is 1.54 bits per heavy atom. The van der Waals surface area contributed by atoms with Crippen LogP contribution in [0.5, 0.6) is 0 Å². The average molecular weight is 330 g/mol. The number of carbonyl (C=O) groups is 1. The number of hydrogen-bond donors (Lipinski definition) is 1. The van der Waals surface area contributed by atoms with Gasteiger partial charge in [-0.25, -0.2) is 9.37 Å². The van der Waals surface area contributed by atoms with Crippen molar-refractivity contribution in [2.24, 2.45) is 7.05 Å². The van der Waals surface area contributed by atoms with E-state index in [4.69, 9.17) is 0 Å². The lowest BCUT2D eigenvalue weighted by atomic mass is 10.1. The Hall–Kier alpha value is -2.37. The van der Waals surface area contributed by atoms with Crippen LogP contribution < -0.4 is 10.2 Å². The Bertz CT molecular complexity index is 783. The van der Waals surface area contributed by atoms with Crippen molar-refractivity contribution in [3.8, 4) is 0 Å². The molecule has 1 aliphatic heterocycles. The van der Waals surface area contributed by atoms with Crippen molar-refractivity contribution < 1.29 is 9.18 Å². The number of hydrogen-bond acceptors (Lipinski definition) is 3. The third-order valence-corrected chi connectivity index (χ3v) is 4.55. The van der Waals surface area contributed by atoms with Gasteiger partial charge in [0.25, 0.3) is 0 Å². The Balaban J connectivity index is 2.03. The van der Waals surface area contributed by atoms with E-state index >= 15 is 0 Å². The molecule has 6 heteroatoms. The van der Waals surface area contributed by atoms with Crippen LogP contribution in [0.2, 0.25) is 0 Å². The molecular formula is C18H23FN4O. The summed E-state index contributed by atoms with van der Waals surface area (Å²) in [6, 6.07) is 3.93. The topological polar surface area (TPSA) is 50.2 Å². The van der Waals surface area contributed by atoms with E-state index in [1.165, 1.54) is 6.08 Å². The SMILES string of the molecule is C=CC(=O)Nc1cc2nc(N3CCCC(F)C3)n(C)c2cc1CC. The zero-order valence-corrected chi connectivity index (χ0v) is 14.2. The molecule has 128 valence electrons. The number of anilines is 2. The highest BCUT2D eigenvalue weighted by Crippen LogP contribution is 2.29. The number of piperidine rings is 1. The van der Waals surface area contributed by atoms with Crippen molar-refractivity contribution in [1.82, 2.24) is 9.55 Å². The van der Waals surface area contributed by atoms with Crippen LogP contribution in [-0.4, -0.2) is 34.7 Å². The first-order valence-electron chi connectivity index (χ1n) is 8.35. The van der Waals surface area contributed by atoms with E-state index in [1.807, 2.05) is 35.6 Å². The van der Waals surface area contributed by atoms with Crippen molar-refractivity contribution in [3.63, 3.8) is 0 Å². The molecule has 0 radical (unpaired) electrons. The van der Waals surface area contributed by atoms with Crippen molar-refractivity contribution in [1.29, 1.82) is 0 Å². The van der Waals surface area contributed by atoms with Gasteiger partial charge in [-0.2, -0.15) is 0 Å². The van der Waals surface area contributed by atoms with Gasteiger partial charge in [-0.15, -0.1) is 0 Å². The number of imidazole rings is 1. The van der Waals surface area contributed by atoms with Crippen molar-refractivity contribution in [2.75, 3.05) is 23.3 Å². The molecule has 0 spiro atoms. The van der Waals surface area contributed by atoms with Gasteiger partial charge in [0.1, 0.15) is 6.17 Å². The minimum absolute atomic E-state index is 0.239. The fourth-order valence-electron chi connectivity index (χ4n) is 3.25. The number of alkyl halides is 1. The van der Waals surface area contributed by atoms with Gasteiger partial charge < -0.3 is 14.8 Å². The van der Waals surface area contributed by atoms with Crippen molar-refractivity contribution in [2.45, 2.75) is 32.4 Å². The van der Waals surface area contributed by atoms with Gasteiger partial charge in [-0.05, 0) is 43.0 Å². The van der Waals surface area contributed by atoms with Crippen LogP contribution in [-0.2, 0) is 18.3 Å². The molecule has 5 nitrogen and oxygen atoms in total. The van der Waals surface area contributed by atoms with Crippen LogP contribution in [0.25, 0.3) is 11.0 Å². The number of nitrogens with zero attached hydrogens (tertiary/aromatic N) is 3. The zero-order chi connectivity index (χ0) is 17.3. The second-order valence-corrected chi connectivity index (χ2v) is 6.20. The Labute approximate surface area is 141 Å². The van der Waals surface area contributed by atoms with Gasteiger partial charge in [0.2, 0.25) is 11.9 Å². The van der Waals surface area contributed by atoms with E-state index in [1.54, 1.807) is 0 Å². The number of aryl methyl sites for hydroxylation is 2. The van der Waals surface area contributed by atoms with Gasteiger partial charge >= 0.3 is 0 Å². The minimum atomic E-state index is -0.799. The number of nitrogens with one attached hydrogen (secondary N) is 1. The normalized spacial score (nSPS) is 18.0. The summed E-state index contributed by atoms with van der Waals surface area (Å²) in [7, 11) is 1.95. The lowest BCUT2D eigenvalue weighted by Gasteiger charge is -2.29. The zero-order valence-electron chi connectivity index (χ0n) is 14.2. The van der Waals surface area contributed by atoms with Crippen LogP contribution in [0.1, 0.15) is 25.3 Å². The smallest absolute Gasteiger partial charge is 0.247 e. The molecule has 1 atom stereocenters. The fraction of sp³-hybridized carbons (Fsp3) is 0.444. The lowest BCUT2D eigenvalue weighted by molar-refractivity contribution is -0.111. The molecule has 1 aliphatic rings. The molecule has 2 heterocycles. The highest BCUT2D eigenvalue weighted by Gasteiger charge is 2.23. The van der Waals surface area contributed by atoms with E-state index in [0.29, 0.717) is 13.0 Å². The standard InChI is InChI=1S/C18H23FN4O/c1-4-12-9-16-15(10-14(12)20-17(24)5-2)21-18(22(16)3)23-8-6-7-13(19)11-23/h5,9-10,13H,2,4,6-8,11H2,1,3H3,(H,20,24). The Kier molecular flexibility index (Phi) is 4.55. The fourth-order valence-corrected chi connectivity index (χ4v) is 3.25. The van der Waals surface area contributed by atoms with E-state index in [-0.39, 0.29) is 5.91 Å². The molecule has 24 heavy (non-hydrogen) atoms. The molecule has 0 bridgehead atoms. The second kappa shape index (κ2) is 6.63. The number of amides is 1. The number of rotatable bonds is 4. The van der Waals surface area contributed by atoms with E-state index < -0.39 is 6.17 Å². The Morgan fingerprint density at radius 2 is 2.33 bits per heavy atom. The molecule has 1 unspecified atom stereocenters. The molecule has 1 aromatic heterocycles. The van der Waals surface area contributed by atoms with Crippen molar-refractivity contribution >= 4 is 28.6 Å². The van der Waals surface area contributed by atoms with E-state index in [2.05, 4.69) is 16.9 Å². The maximum Gasteiger partial charge on any atom is 0.247 e. The molecule has 1 saturated heterocycles. The summed E-state index contributed by atoms with van der Waals surface area (Å²) in [6.45, 7) is 6.73. The monoisotopic (exact) mass is 330 g/mol. The average Bonchev–Trinajstić information content (AvgIpc) is 2.90. The van der Waals surface area contributed by atoms with Crippen LogP contribution in [0.3, 0.4) is 0 Å². The summed E-state index contributed by atoms with van der Waals surface area (Å²) < 4.78 is 15.7. The molecular weight excluding hydrogens is 307 g/mol. The molecule has 0 saturated carbocycles. The minimum Gasteiger partial charge on any atom is -0.339 e. The summed E-state index contributed by atoms with van der Waals surface area (Å²) in [4.78, 5) is 18.3. The van der Waals surface area contributed by atoms with Crippen LogP contribution in [0.15, 0.2) is 24.8 Å².